The van der Waals surface area contributed by atoms with Gasteiger partial charge in [-0.15, -0.1) is 0 Å². The van der Waals surface area contributed by atoms with Gasteiger partial charge in [0.2, 0.25) is 0 Å². The predicted octanol–water partition coefficient (Wildman–Crippen LogP) is 3.19. The van der Waals surface area contributed by atoms with Crippen LogP contribution in [0.15, 0.2) is 64.8 Å². The molecular weight excluding hydrogens is 242 g/mol. The van der Waals surface area contributed by atoms with Crippen molar-refractivity contribution in [2.75, 3.05) is 0 Å². The molecule has 0 aliphatic rings. The van der Waals surface area contributed by atoms with Gasteiger partial charge >= 0.3 is 5.97 Å². The number of carboxylic acid groups (broad SMARTS) is 1. The lowest BCUT2D eigenvalue weighted by Crippen LogP contribution is -2.20. The van der Waals surface area contributed by atoms with Crippen molar-refractivity contribution in [2.45, 2.75) is 6.04 Å². The van der Waals surface area contributed by atoms with Crippen LogP contribution in [-0.2, 0) is 4.79 Å². The maximum atomic E-state index is 10.7. The quantitative estimate of drug-likeness (QED) is 0.822. The van der Waals surface area contributed by atoms with E-state index < -0.39 is 12.0 Å². The molecule has 0 saturated heterocycles. The molecule has 0 amide bonds. The zero-order chi connectivity index (χ0) is 13.7. The maximum Gasteiger partial charge on any atom is 0.325 e. The average molecular weight is 255 g/mol. The van der Waals surface area contributed by atoms with Crippen molar-refractivity contribution in [3.8, 4) is 0 Å². The maximum absolute atomic E-state index is 10.7. The summed E-state index contributed by atoms with van der Waals surface area (Å²) in [6.07, 6.45) is 0. The second kappa shape index (κ2) is 5.88. The fourth-order valence-corrected chi connectivity index (χ4v) is 1.50. The number of rotatable bonds is 4. The molecule has 0 heterocycles. The highest BCUT2D eigenvalue weighted by molar-refractivity contribution is 5.75. The van der Waals surface area contributed by atoms with Crippen molar-refractivity contribution in [1.29, 1.82) is 0 Å². The van der Waals surface area contributed by atoms with Gasteiger partial charge < -0.3 is 10.8 Å². The van der Waals surface area contributed by atoms with Crippen molar-refractivity contribution in [1.82, 2.24) is 0 Å². The number of carboxylic acids is 1. The van der Waals surface area contributed by atoms with Crippen LogP contribution in [0.5, 0.6) is 0 Å². The number of hydrogen-bond acceptors (Lipinski definition) is 4. The molecule has 3 N–H and O–H groups in total. The topological polar surface area (TPSA) is 88.0 Å². The normalized spacial score (nSPS) is 12.5. The largest absolute Gasteiger partial charge is 0.480 e. The zero-order valence-corrected chi connectivity index (χ0v) is 10.1. The van der Waals surface area contributed by atoms with Crippen LogP contribution in [0.1, 0.15) is 11.6 Å². The Bertz CT molecular complexity index is 579. The molecule has 0 fully saturated rings. The van der Waals surface area contributed by atoms with Crippen LogP contribution in [0.4, 0.5) is 11.4 Å². The first kappa shape index (κ1) is 12.9. The summed E-state index contributed by atoms with van der Waals surface area (Å²) in [5, 5.41) is 16.9. The second-order valence-electron chi connectivity index (χ2n) is 3.94. The standard InChI is InChI=1S/C14H13N3O2/c15-13(14(18)19)10-6-8-12(9-7-10)17-16-11-4-2-1-3-5-11/h1-9,13H,15H2,(H,18,19)/t13-/m1/s1. The second-order valence-corrected chi connectivity index (χ2v) is 3.94. The van der Waals surface area contributed by atoms with Gasteiger partial charge in [0.1, 0.15) is 6.04 Å². The van der Waals surface area contributed by atoms with Gasteiger partial charge in [0.25, 0.3) is 0 Å². The van der Waals surface area contributed by atoms with Gasteiger partial charge in [0.15, 0.2) is 0 Å². The van der Waals surface area contributed by atoms with Crippen molar-refractivity contribution >= 4 is 17.3 Å². The van der Waals surface area contributed by atoms with Crippen LogP contribution in [0.25, 0.3) is 0 Å². The molecule has 0 bridgehead atoms. The lowest BCUT2D eigenvalue weighted by molar-refractivity contribution is -0.138. The minimum absolute atomic E-state index is 0.533. The Morgan fingerprint density at radius 1 is 0.947 bits per heavy atom. The van der Waals surface area contributed by atoms with Crippen LogP contribution in [-0.4, -0.2) is 11.1 Å². The van der Waals surface area contributed by atoms with E-state index in [1.165, 1.54) is 0 Å². The smallest absolute Gasteiger partial charge is 0.325 e. The molecule has 5 nitrogen and oxygen atoms in total. The summed E-state index contributed by atoms with van der Waals surface area (Å²) in [6, 6.07) is 15.0. The third-order valence-electron chi connectivity index (χ3n) is 2.56. The molecule has 0 radical (unpaired) electrons. The fourth-order valence-electron chi connectivity index (χ4n) is 1.50. The van der Waals surface area contributed by atoms with E-state index in [0.29, 0.717) is 11.3 Å². The van der Waals surface area contributed by atoms with Crippen LogP contribution >= 0.6 is 0 Å². The first-order chi connectivity index (χ1) is 9.16. The monoisotopic (exact) mass is 255 g/mol. The van der Waals surface area contributed by atoms with Gasteiger partial charge in [0.05, 0.1) is 11.4 Å². The molecule has 0 saturated carbocycles. The highest BCUT2D eigenvalue weighted by Crippen LogP contribution is 2.20. The van der Waals surface area contributed by atoms with E-state index in [1.54, 1.807) is 24.3 Å². The molecule has 2 aromatic carbocycles. The Morgan fingerprint density at radius 2 is 1.47 bits per heavy atom. The summed E-state index contributed by atoms with van der Waals surface area (Å²) in [5.41, 5.74) is 7.43. The van der Waals surface area contributed by atoms with Gasteiger partial charge in [0, 0.05) is 0 Å². The SMILES string of the molecule is N[C@@H](C(=O)O)c1ccc(N=Nc2ccccc2)cc1. The number of aliphatic carboxylic acids is 1. The third-order valence-corrected chi connectivity index (χ3v) is 2.56. The van der Waals surface area contributed by atoms with E-state index in [9.17, 15) is 4.79 Å². The number of nitrogens with zero attached hydrogens (tertiary/aromatic N) is 2. The van der Waals surface area contributed by atoms with Crippen LogP contribution in [0, 0.1) is 0 Å². The summed E-state index contributed by atoms with van der Waals surface area (Å²) in [7, 11) is 0. The first-order valence-corrected chi connectivity index (χ1v) is 5.72. The van der Waals surface area contributed by atoms with E-state index in [-0.39, 0.29) is 0 Å². The molecule has 1 atom stereocenters. The molecule has 0 aliphatic heterocycles. The highest BCUT2D eigenvalue weighted by atomic mass is 16.4. The number of nitrogens with two attached hydrogens (primary N) is 1. The molecule has 0 unspecified atom stereocenters. The number of hydrogen-bond donors (Lipinski definition) is 2. The van der Waals surface area contributed by atoms with Crippen LogP contribution < -0.4 is 5.73 Å². The summed E-state index contributed by atoms with van der Waals surface area (Å²) in [6.45, 7) is 0. The van der Waals surface area contributed by atoms with Gasteiger partial charge in [-0.1, -0.05) is 30.3 Å². The Morgan fingerprint density at radius 3 is 2.00 bits per heavy atom. The first-order valence-electron chi connectivity index (χ1n) is 5.72. The third kappa shape index (κ3) is 3.46. The van der Waals surface area contributed by atoms with Crippen molar-refractivity contribution in [3.63, 3.8) is 0 Å². The Labute approximate surface area is 110 Å². The van der Waals surface area contributed by atoms with Gasteiger partial charge in [-0.05, 0) is 29.8 Å². The number of azo groups is 1. The summed E-state index contributed by atoms with van der Waals surface area (Å²) in [4.78, 5) is 10.7. The van der Waals surface area contributed by atoms with E-state index in [0.717, 1.165) is 5.69 Å². The number of benzene rings is 2. The van der Waals surface area contributed by atoms with Gasteiger partial charge in [-0.25, -0.2) is 0 Å². The summed E-state index contributed by atoms with van der Waals surface area (Å²) in [5.74, 6) is -1.06. The van der Waals surface area contributed by atoms with E-state index >= 15 is 0 Å². The Balaban J connectivity index is 2.11. The van der Waals surface area contributed by atoms with Crippen molar-refractivity contribution in [2.24, 2.45) is 16.0 Å². The highest BCUT2D eigenvalue weighted by Gasteiger charge is 2.13. The molecular formula is C14H13N3O2. The molecule has 5 heteroatoms. The van der Waals surface area contributed by atoms with Crippen molar-refractivity contribution < 1.29 is 9.90 Å². The average Bonchev–Trinajstić information content (AvgIpc) is 2.46. The molecule has 96 valence electrons. The lowest BCUT2D eigenvalue weighted by Gasteiger charge is -2.05. The predicted molar refractivity (Wildman–Crippen MR) is 71.6 cm³/mol. The summed E-state index contributed by atoms with van der Waals surface area (Å²) < 4.78 is 0. The molecule has 2 rings (SSSR count). The minimum Gasteiger partial charge on any atom is -0.480 e. The number of carbonyl (C=O) groups is 1. The van der Waals surface area contributed by atoms with Crippen LogP contribution in [0.2, 0.25) is 0 Å². The molecule has 19 heavy (non-hydrogen) atoms. The molecule has 0 spiro atoms. The van der Waals surface area contributed by atoms with E-state index in [1.807, 2.05) is 30.3 Å². The van der Waals surface area contributed by atoms with E-state index in [4.69, 9.17) is 10.8 Å². The lowest BCUT2D eigenvalue weighted by atomic mass is 10.1. The van der Waals surface area contributed by atoms with Gasteiger partial charge in [-0.2, -0.15) is 10.2 Å². The molecule has 2 aromatic rings. The zero-order valence-electron chi connectivity index (χ0n) is 10.1. The van der Waals surface area contributed by atoms with Crippen LogP contribution in [0.3, 0.4) is 0 Å². The minimum atomic E-state index is -1.06. The Kier molecular flexibility index (Phi) is 4.00. The molecule has 0 aliphatic carbocycles. The van der Waals surface area contributed by atoms with Crippen molar-refractivity contribution in [3.05, 3.63) is 60.2 Å². The van der Waals surface area contributed by atoms with Gasteiger partial charge in [-0.3, -0.25) is 4.79 Å². The summed E-state index contributed by atoms with van der Waals surface area (Å²) >= 11 is 0. The molecule has 0 aromatic heterocycles. The van der Waals surface area contributed by atoms with E-state index in [2.05, 4.69) is 10.2 Å². The Hall–Kier alpha value is -2.53. The fraction of sp³-hybridized carbons (Fsp3) is 0.0714.